The summed E-state index contributed by atoms with van der Waals surface area (Å²) in [6.45, 7) is 1.27. The normalized spacial score (nSPS) is 29.6. The molecule has 2 heterocycles. The van der Waals surface area contributed by atoms with Crippen molar-refractivity contribution in [3.05, 3.63) is 11.6 Å². The third-order valence-corrected chi connectivity index (χ3v) is 1.84. The van der Waals surface area contributed by atoms with Crippen LogP contribution in [0, 0.1) is 0 Å². The van der Waals surface area contributed by atoms with Gasteiger partial charge in [-0.2, -0.15) is 5.11 Å². The molecular formula is C7H8N2O2. The average molecular weight is 152 g/mol. The molecule has 1 fully saturated rings. The van der Waals surface area contributed by atoms with Crippen molar-refractivity contribution >= 4 is 5.91 Å². The number of fused-ring (bicyclic) bond motifs is 1. The van der Waals surface area contributed by atoms with Gasteiger partial charge in [-0.1, -0.05) is 0 Å². The van der Waals surface area contributed by atoms with Crippen LogP contribution in [-0.4, -0.2) is 25.2 Å². The molecule has 1 saturated heterocycles. The first-order valence-electron chi connectivity index (χ1n) is 3.59. The maximum Gasteiger partial charge on any atom is 0.287 e. The van der Waals surface area contributed by atoms with E-state index in [2.05, 4.69) is 10.2 Å². The number of carbonyl (C=O) groups is 1. The molecule has 2 aliphatic rings. The van der Waals surface area contributed by atoms with Gasteiger partial charge in [-0.25, -0.2) is 0 Å². The van der Waals surface area contributed by atoms with Crippen molar-refractivity contribution in [2.45, 2.75) is 12.5 Å². The summed E-state index contributed by atoms with van der Waals surface area (Å²) in [6.07, 6.45) is 2.38. The van der Waals surface area contributed by atoms with E-state index in [1.807, 2.05) is 0 Å². The summed E-state index contributed by atoms with van der Waals surface area (Å²) in [7, 11) is 0. The second-order valence-corrected chi connectivity index (χ2v) is 2.61. The Balaban J connectivity index is 2.21. The van der Waals surface area contributed by atoms with Crippen LogP contribution in [0.3, 0.4) is 0 Å². The van der Waals surface area contributed by atoms with Crippen molar-refractivity contribution in [3.8, 4) is 0 Å². The van der Waals surface area contributed by atoms with E-state index < -0.39 is 0 Å². The molecule has 0 aromatic rings. The number of hydrogen-bond acceptors (Lipinski definition) is 3. The predicted octanol–water partition coefficient (Wildman–Crippen LogP) is 0.694. The first-order valence-corrected chi connectivity index (χ1v) is 3.59. The summed E-state index contributed by atoms with van der Waals surface area (Å²) < 4.78 is 5.17. The van der Waals surface area contributed by atoms with E-state index in [9.17, 15) is 4.79 Å². The molecule has 1 unspecified atom stereocenters. The van der Waals surface area contributed by atoms with E-state index in [-0.39, 0.29) is 11.9 Å². The molecule has 1 atom stereocenters. The molecule has 0 aliphatic carbocycles. The molecule has 2 aliphatic heterocycles. The molecule has 4 heteroatoms. The van der Waals surface area contributed by atoms with Gasteiger partial charge in [0.15, 0.2) is 0 Å². The summed E-state index contributed by atoms with van der Waals surface area (Å²) in [6, 6.07) is 0.0152. The summed E-state index contributed by atoms with van der Waals surface area (Å²) in [4.78, 5) is 10.7. The van der Waals surface area contributed by atoms with Gasteiger partial charge in [-0.05, 0) is 12.0 Å². The van der Waals surface area contributed by atoms with Crippen molar-refractivity contribution in [3.63, 3.8) is 0 Å². The fourth-order valence-electron chi connectivity index (χ4n) is 1.25. The fraction of sp³-hybridized carbons (Fsp3) is 0.571. The molecule has 0 N–H and O–H groups in total. The lowest BCUT2D eigenvalue weighted by molar-refractivity contribution is -0.114. The highest BCUT2D eigenvalue weighted by molar-refractivity contribution is 5.89. The average Bonchev–Trinajstić information content (AvgIpc) is 2.04. The van der Waals surface area contributed by atoms with Gasteiger partial charge in [-0.15, -0.1) is 5.11 Å². The van der Waals surface area contributed by atoms with Crippen LogP contribution in [0.4, 0.5) is 0 Å². The highest BCUT2D eigenvalue weighted by atomic mass is 16.5. The standard InChI is InChI=1S/C7H8N2O2/c10-7-3-5-1-2-11-4-6(5)8-9-7/h3,6H,1-2,4H2. The molecule has 11 heavy (non-hydrogen) atoms. The molecule has 0 spiro atoms. The minimum Gasteiger partial charge on any atom is -0.378 e. The van der Waals surface area contributed by atoms with Crippen LogP contribution in [0.15, 0.2) is 21.9 Å². The van der Waals surface area contributed by atoms with E-state index in [1.54, 1.807) is 6.08 Å². The van der Waals surface area contributed by atoms with Gasteiger partial charge in [0.25, 0.3) is 5.91 Å². The van der Waals surface area contributed by atoms with Crippen LogP contribution in [0.5, 0.6) is 0 Å². The Morgan fingerprint density at radius 3 is 3.45 bits per heavy atom. The van der Waals surface area contributed by atoms with Crippen molar-refractivity contribution in [1.29, 1.82) is 0 Å². The maximum atomic E-state index is 10.7. The minimum absolute atomic E-state index is 0.0152. The summed E-state index contributed by atoms with van der Waals surface area (Å²) in [5.74, 6) is -0.238. The molecule has 58 valence electrons. The number of carbonyl (C=O) groups excluding carboxylic acids is 1. The van der Waals surface area contributed by atoms with Crippen LogP contribution in [-0.2, 0) is 9.53 Å². The Hall–Kier alpha value is -1.03. The highest BCUT2D eigenvalue weighted by Crippen LogP contribution is 2.20. The number of rotatable bonds is 0. The molecule has 2 rings (SSSR count). The zero-order chi connectivity index (χ0) is 7.68. The van der Waals surface area contributed by atoms with Crippen molar-refractivity contribution in [2.75, 3.05) is 13.2 Å². The number of amides is 1. The second-order valence-electron chi connectivity index (χ2n) is 2.61. The van der Waals surface area contributed by atoms with E-state index in [0.717, 1.165) is 12.0 Å². The van der Waals surface area contributed by atoms with E-state index in [0.29, 0.717) is 13.2 Å². The largest absolute Gasteiger partial charge is 0.378 e. The molecule has 0 saturated carbocycles. The number of nitrogens with zero attached hydrogens (tertiary/aromatic N) is 2. The quantitative estimate of drug-likeness (QED) is 0.512. The van der Waals surface area contributed by atoms with Gasteiger partial charge in [0, 0.05) is 6.08 Å². The third kappa shape index (κ3) is 1.21. The molecule has 1 amide bonds. The third-order valence-electron chi connectivity index (χ3n) is 1.84. The topological polar surface area (TPSA) is 51.0 Å². The van der Waals surface area contributed by atoms with Crippen LogP contribution in [0.2, 0.25) is 0 Å². The number of hydrogen-bond donors (Lipinski definition) is 0. The summed E-state index contributed by atoms with van der Waals surface area (Å²) in [5.41, 5.74) is 1.07. The van der Waals surface area contributed by atoms with Crippen molar-refractivity contribution in [1.82, 2.24) is 0 Å². The lowest BCUT2D eigenvalue weighted by atomic mass is 10.0. The van der Waals surface area contributed by atoms with Gasteiger partial charge in [0.2, 0.25) is 0 Å². The van der Waals surface area contributed by atoms with Crippen LogP contribution < -0.4 is 0 Å². The van der Waals surface area contributed by atoms with Gasteiger partial charge < -0.3 is 4.74 Å². The highest BCUT2D eigenvalue weighted by Gasteiger charge is 2.22. The number of ether oxygens (including phenoxy) is 1. The van der Waals surface area contributed by atoms with Gasteiger partial charge in [0.1, 0.15) is 6.04 Å². The van der Waals surface area contributed by atoms with E-state index >= 15 is 0 Å². The zero-order valence-electron chi connectivity index (χ0n) is 5.99. The van der Waals surface area contributed by atoms with Crippen LogP contribution in [0.25, 0.3) is 0 Å². The molecule has 0 aromatic heterocycles. The Kier molecular flexibility index (Phi) is 1.54. The molecule has 4 nitrogen and oxygen atoms in total. The molecule has 0 radical (unpaired) electrons. The molecular weight excluding hydrogens is 144 g/mol. The zero-order valence-corrected chi connectivity index (χ0v) is 5.99. The smallest absolute Gasteiger partial charge is 0.287 e. The Morgan fingerprint density at radius 2 is 2.55 bits per heavy atom. The van der Waals surface area contributed by atoms with Gasteiger partial charge in [0.05, 0.1) is 13.2 Å². The maximum absolute atomic E-state index is 10.7. The first-order chi connectivity index (χ1) is 5.36. The predicted molar refractivity (Wildman–Crippen MR) is 37.2 cm³/mol. The van der Waals surface area contributed by atoms with Crippen LogP contribution in [0.1, 0.15) is 6.42 Å². The van der Waals surface area contributed by atoms with E-state index in [4.69, 9.17) is 4.74 Å². The first kappa shape index (κ1) is 6.67. The van der Waals surface area contributed by atoms with Crippen LogP contribution >= 0.6 is 0 Å². The SMILES string of the molecule is O=C1C=C2CCOCC2N=N1. The van der Waals surface area contributed by atoms with E-state index in [1.165, 1.54) is 0 Å². The fourth-order valence-corrected chi connectivity index (χ4v) is 1.25. The van der Waals surface area contributed by atoms with Gasteiger partial charge in [-0.3, -0.25) is 4.79 Å². The van der Waals surface area contributed by atoms with Crippen molar-refractivity contribution in [2.24, 2.45) is 10.2 Å². The summed E-state index contributed by atoms with van der Waals surface area (Å²) >= 11 is 0. The Morgan fingerprint density at radius 1 is 1.64 bits per heavy atom. The molecule has 0 bridgehead atoms. The number of azo groups is 1. The monoisotopic (exact) mass is 152 g/mol. The summed E-state index contributed by atoms with van der Waals surface area (Å²) in [5, 5.41) is 7.26. The lowest BCUT2D eigenvalue weighted by Crippen LogP contribution is -2.25. The Labute approximate surface area is 63.9 Å². The molecule has 0 aromatic carbocycles. The van der Waals surface area contributed by atoms with Gasteiger partial charge >= 0.3 is 0 Å². The van der Waals surface area contributed by atoms with Crippen molar-refractivity contribution < 1.29 is 9.53 Å². The lowest BCUT2D eigenvalue weighted by Gasteiger charge is -2.22. The minimum atomic E-state index is -0.238. The second kappa shape index (κ2) is 2.54. The Bertz CT molecular complexity index is 245.